The van der Waals surface area contributed by atoms with Crippen molar-refractivity contribution in [1.82, 2.24) is 10.2 Å². The highest BCUT2D eigenvalue weighted by Crippen LogP contribution is 2.25. The van der Waals surface area contributed by atoms with Crippen LogP contribution >= 0.6 is 11.3 Å². The Balaban J connectivity index is 1.68. The molecule has 0 radical (unpaired) electrons. The fourth-order valence-electron chi connectivity index (χ4n) is 2.90. The molecule has 2 atom stereocenters. The predicted octanol–water partition coefficient (Wildman–Crippen LogP) is 3.42. The van der Waals surface area contributed by atoms with Crippen LogP contribution in [-0.4, -0.2) is 37.1 Å². The van der Waals surface area contributed by atoms with Crippen LogP contribution in [0, 0.1) is 5.82 Å². The van der Waals surface area contributed by atoms with Crippen LogP contribution in [0.3, 0.4) is 0 Å². The Bertz CT molecular complexity index is 672. The first-order chi connectivity index (χ1) is 11.7. The lowest BCUT2D eigenvalue weighted by Gasteiger charge is -2.38. The Morgan fingerprint density at radius 3 is 2.79 bits per heavy atom. The van der Waals surface area contributed by atoms with Crippen LogP contribution in [0.25, 0.3) is 0 Å². The van der Waals surface area contributed by atoms with Crippen LogP contribution in [0.5, 0.6) is 0 Å². The van der Waals surface area contributed by atoms with E-state index in [2.05, 4.69) is 33.6 Å². The molecule has 0 bridgehead atoms. The SMILES string of the molecule is CN=C(NCc1cccs1)N1CC(C)OC(c2ccc(F)cc2)C1. The van der Waals surface area contributed by atoms with Crippen molar-refractivity contribution in [3.8, 4) is 0 Å². The van der Waals surface area contributed by atoms with Gasteiger partial charge in [-0.05, 0) is 36.1 Å². The second-order valence-corrected chi connectivity index (χ2v) is 6.90. The van der Waals surface area contributed by atoms with Crippen molar-refractivity contribution in [2.45, 2.75) is 25.7 Å². The van der Waals surface area contributed by atoms with Gasteiger partial charge < -0.3 is 15.0 Å². The molecule has 0 amide bonds. The van der Waals surface area contributed by atoms with Crippen molar-refractivity contribution >= 4 is 17.3 Å². The van der Waals surface area contributed by atoms with Crippen molar-refractivity contribution in [2.24, 2.45) is 4.99 Å². The van der Waals surface area contributed by atoms with Gasteiger partial charge in [-0.25, -0.2) is 4.39 Å². The maximum atomic E-state index is 13.1. The molecule has 6 heteroatoms. The Morgan fingerprint density at radius 2 is 2.12 bits per heavy atom. The summed E-state index contributed by atoms with van der Waals surface area (Å²) >= 11 is 1.73. The zero-order valence-electron chi connectivity index (χ0n) is 13.9. The van der Waals surface area contributed by atoms with Gasteiger partial charge in [0.25, 0.3) is 0 Å². The molecule has 0 saturated carbocycles. The summed E-state index contributed by atoms with van der Waals surface area (Å²) in [7, 11) is 1.80. The summed E-state index contributed by atoms with van der Waals surface area (Å²) in [5.74, 6) is 0.638. The van der Waals surface area contributed by atoms with Gasteiger partial charge in [0.15, 0.2) is 5.96 Å². The summed E-state index contributed by atoms with van der Waals surface area (Å²) in [6, 6.07) is 10.7. The Labute approximate surface area is 146 Å². The summed E-state index contributed by atoms with van der Waals surface area (Å²) < 4.78 is 19.2. The van der Waals surface area contributed by atoms with Crippen LogP contribution in [0.1, 0.15) is 23.5 Å². The lowest BCUT2D eigenvalue weighted by atomic mass is 10.1. The van der Waals surface area contributed by atoms with Gasteiger partial charge in [-0.1, -0.05) is 18.2 Å². The summed E-state index contributed by atoms with van der Waals surface area (Å²) in [6.07, 6.45) is -0.0104. The van der Waals surface area contributed by atoms with Crippen molar-refractivity contribution in [2.75, 3.05) is 20.1 Å². The third-order valence-electron chi connectivity index (χ3n) is 4.01. The number of nitrogens with one attached hydrogen (secondary N) is 1. The van der Waals surface area contributed by atoms with Crippen molar-refractivity contribution < 1.29 is 9.13 Å². The molecular formula is C18H22FN3OS. The van der Waals surface area contributed by atoms with Crippen LogP contribution in [0.4, 0.5) is 4.39 Å². The monoisotopic (exact) mass is 347 g/mol. The quantitative estimate of drug-likeness (QED) is 0.683. The topological polar surface area (TPSA) is 36.9 Å². The molecule has 128 valence electrons. The fraction of sp³-hybridized carbons (Fsp3) is 0.389. The first kappa shape index (κ1) is 16.9. The third kappa shape index (κ3) is 4.13. The number of aliphatic imine (C=N–C) groups is 1. The molecule has 0 spiro atoms. The highest BCUT2D eigenvalue weighted by atomic mass is 32.1. The van der Waals surface area contributed by atoms with E-state index >= 15 is 0 Å². The molecule has 2 unspecified atom stereocenters. The number of morpholine rings is 1. The summed E-state index contributed by atoms with van der Waals surface area (Å²) in [4.78, 5) is 7.88. The van der Waals surface area contributed by atoms with Crippen LogP contribution in [0.2, 0.25) is 0 Å². The normalized spacial score (nSPS) is 21.8. The van der Waals surface area contributed by atoms with E-state index in [1.807, 2.05) is 6.07 Å². The van der Waals surface area contributed by atoms with E-state index in [1.54, 1.807) is 30.5 Å². The van der Waals surface area contributed by atoms with Gasteiger partial charge in [0.2, 0.25) is 0 Å². The second-order valence-electron chi connectivity index (χ2n) is 5.87. The molecule has 2 heterocycles. The zero-order valence-corrected chi connectivity index (χ0v) is 14.7. The second kappa shape index (κ2) is 7.77. The van der Waals surface area contributed by atoms with Crippen molar-refractivity contribution in [1.29, 1.82) is 0 Å². The smallest absolute Gasteiger partial charge is 0.194 e. The van der Waals surface area contributed by atoms with Gasteiger partial charge in [-0.2, -0.15) is 0 Å². The molecule has 1 saturated heterocycles. The largest absolute Gasteiger partial charge is 0.367 e. The van der Waals surface area contributed by atoms with Gasteiger partial charge in [0, 0.05) is 18.5 Å². The lowest BCUT2D eigenvalue weighted by Crippen LogP contribution is -2.50. The van der Waals surface area contributed by atoms with E-state index in [0.29, 0.717) is 6.54 Å². The Hall–Kier alpha value is -1.92. The first-order valence-corrected chi connectivity index (χ1v) is 8.92. The van der Waals surface area contributed by atoms with E-state index in [9.17, 15) is 4.39 Å². The van der Waals surface area contributed by atoms with E-state index in [-0.39, 0.29) is 18.0 Å². The molecule has 1 aromatic carbocycles. The van der Waals surface area contributed by atoms with Gasteiger partial charge in [-0.3, -0.25) is 4.99 Å². The maximum absolute atomic E-state index is 13.1. The van der Waals surface area contributed by atoms with Crippen molar-refractivity contribution in [3.63, 3.8) is 0 Å². The van der Waals surface area contributed by atoms with E-state index in [1.165, 1.54) is 17.0 Å². The van der Waals surface area contributed by atoms with Gasteiger partial charge in [0.05, 0.1) is 19.2 Å². The predicted molar refractivity (Wildman–Crippen MR) is 95.8 cm³/mol. The number of rotatable bonds is 3. The number of guanidine groups is 1. The van der Waals surface area contributed by atoms with Gasteiger partial charge in [0.1, 0.15) is 11.9 Å². The maximum Gasteiger partial charge on any atom is 0.194 e. The van der Waals surface area contributed by atoms with Crippen LogP contribution < -0.4 is 5.32 Å². The fourth-order valence-corrected chi connectivity index (χ4v) is 3.54. The lowest BCUT2D eigenvalue weighted by molar-refractivity contribution is -0.0605. The van der Waals surface area contributed by atoms with E-state index in [4.69, 9.17) is 4.74 Å². The molecule has 1 aliphatic rings. The molecule has 24 heavy (non-hydrogen) atoms. The first-order valence-electron chi connectivity index (χ1n) is 8.04. The molecular weight excluding hydrogens is 325 g/mol. The minimum atomic E-state index is -0.229. The van der Waals surface area contributed by atoms with Crippen molar-refractivity contribution in [3.05, 3.63) is 58.0 Å². The highest BCUT2D eigenvalue weighted by Gasteiger charge is 2.28. The molecule has 2 aromatic rings. The number of hydrogen-bond donors (Lipinski definition) is 1. The Kier molecular flexibility index (Phi) is 5.48. The molecule has 1 N–H and O–H groups in total. The standard InChI is InChI=1S/C18H22FN3OS/c1-13-11-22(18(20-2)21-10-16-4-3-9-24-16)12-17(23-13)14-5-7-15(19)8-6-14/h3-9,13,17H,10-12H2,1-2H3,(H,20,21). The van der Waals surface area contributed by atoms with Gasteiger partial charge >= 0.3 is 0 Å². The summed E-state index contributed by atoms with van der Waals surface area (Å²) in [5.41, 5.74) is 0.988. The number of hydrogen-bond acceptors (Lipinski definition) is 3. The van der Waals surface area contributed by atoms with Gasteiger partial charge in [-0.15, -0.1) is 11.3 Å². The summed E-state index contributed by atoms with van der Waals surface area (Å²) in [6.45, 7) is 4.29. The summed E-state index contributed by atoms with van der Waals surface area (Å²) in [5, 5.41) is 5.48. The average Bonchev–Trinajstić information content (AvgIpc) is 3.09. The van der Waals surface area contributed by atoms with Crippen LogP contribution in [-0.2, 0) is 11.3 Å². The number of benzene rings is 1. The molecule has 4 nitrogen and oxygen atoms in total. The zero-order chi connectivity index (χ0) is 16.9. The van der Waals surface area contributed by atoms with E-state index in [0.717, 1.165) is 24.6 Å². The average molecular weight is 347 g/mol. The highest BCUT2D eigenvalue weighted by molar-refractivity contribution is 7.09. The number of nitrogens with zero attached hydrogens (tertiary/aromatic N) is 2. The van der Waals surface area contributed by atoms with Crippen LogP contribution in [0.15, 0.2) is 46.8 Å². The van der Waals surface area contributed by atoms with E-state index < -0.39 is 0 Å². The molecule has 3 rings (SSSR count). The minimum Gasteiger partial charge on any atom is -0.367 e. The molecule has 0 aliphatic carbocycles. The molecule has 1 aromatic heterocycles. The number of ether oxygens (including phenoxy) is 1. The number of halogens is 1. The minimum absolute atomic E-state index is 0.0779. The Morgan fingerprint density at radius 1 is 1.33 bits per heavy atom. The third-order valence-corrected chi connectivity index (χ3v) is 4.89. The molecule has 1 aliphatic heterocycles. The molecule has 1 fully saturated rings. The number of thiophene rings is 1.